The summed E-state index contributed by atoms with van der Waals surface area (Å²) in [6, 6.07) is 2.15. The molecule has 3 heterocycles. The van der Waals surface area contributed by atoms with Crippen molar-refractivity contribution in [2.45, 2.75) is 60.4 Å². The molecule has 1 aliphatic heterocycles. The van der Waals surface area contributed by atoms with E-state index in [1.54, 1.807) is 0 Å². The summed E-state index contributed by atoms with van der Waals surface area (Å²) in [6.07, 6.45) is 2.03. The van der Waals surface area contributed by atoms with Crippen molar-refractivity contribution in [1.82, 2.24) is 9.88 Å². The van der Waals surface area contributed by atoms with Gasteiger partial charge in [-0.2, -0.15) is 0 Å². The topological polar surface area (TPSA) is 78.6 Å². The molecule has 1 fully saturated rings. The zero-order valence-corrected chi connectivity index (χ0v) is 18.3. The summed E-state index contributed by atoms with van der Waals surface area (Å²) in [5, 5.41) is 13.7. The largest absolute Gasteiger partial charge is 0.476 e. The minimum Gasteiger partial charge on any atom is -0.476 e. The molecule has 0 amide bonds. The van der Waals surface area contributed by atoms with E-state index in [-0.39, 0.29) is 5.69 Å². The number of carbonyl (C=O) groups is 1. The van der Waals surface area contributed by atoms with Crippen LogP contribution in [0.5, 0.6) is 0 Å². The summed E-state index contributed by atoms with van der Waals surface area (Å²) in [5.74, 6) is 0.131. The molecule has 3 rings (SSSR count). The Kier molecular flexibility index (Phi) is 9.19. The Balaban J connectivity index is 0.000000921. The lowest BCUT2D eigenvalue weighted by molar-refractivity contribution is 0.0691. The van der Waals surface area contributed by atoms with Gasteiger partial charge in [-0.3, -0.25) is 0 Å². The fourth-order valence-corrected chi connectivity index (χ4v) is 3.06. The second-order valence-corrected chi connectivity index (χ2v) is 6.59. The van der Waals surface area contributed by atoms with Crippen LogP contribution in [-0.2, 0) is 0 Å². The summed E-state index contributed by atoms with van der Waals surface area (Å²) in [5.41, 5.74) is 1.92. The fraction of sp³-hybridized carbons (Fsp3) is 0.545. The molecule has 0 unspecified atom stereocenters. The van der Waals surface area contributed by atoms with Gasteiger partial charge in [-0.05, 0) is 58.5 Å². The number of pyridine rings is 1. The Morgan fingerprint density at radius 3 is 2.36 bits per heavy atom. The first-order valence-corrected chi connectivity index (χ1v) is 10.1. The number of nitrogens with one attached hydrogen (secondary N) is 1. The van der Waals surface area contributed by atoms with Gasteiger partial charge in [-0.25, -0.2) is 9.78 Å². The van der Waals surface area contributed by atoms with Gasteiger partial charge < -0.3 is 19.7 Å². The van der Waals surface area contributed by atoms with Crippen molar-refractivity contribution in [2.75, 3.05) is 25.5 Å². The van der Waals surface area contributed by atoms with E-state index in [2.05, 4.69) is 28.8 Å². The number of anilines is 1. The molecule has 2 N–H and O–H groups in total. The fourth-order valence-electron chi connectivity index (χ4n) is 3.06. The van der Waals surface area contributed by atoms with Gasteiger partial charge in [0, 0.05) is 17.0 Å². The van der Waals surface area contributed by atoms with E-state index < -0.39 is 5.97 Å². The first kappa shape index (κ1) is 23.7. The minimum atomic E-state index is -1.09. The van der Waals surface area contributed by atoms with E-state index in [0.29, 0.717) is 23.2 Å². The highest BCUT2D eigenvalue weighted by Crippen LogP contribution is 2.32. The number of fused-ring (bicyclic) bond motifs is 1. The van der Waals surface area contributed by atoms with Crippen LogP contribution in [0.1, 0.15) is 69.3 Å². The van der Waals surface area contributed by atoms with Crippen LogP contribution < -0.4 is 5.32 Å². The van der Waals surface area contributed by atoms with Crippen molar-refractivity contribution in [2.24, 2.45) is 0 Å². The number of nitrogens with zero attached hydrogens (tertiary/aromatic N) is 2. The molecule has 1 aliphatic rings. The van der Waals surface area contributed by atoms with Crippen molar-refractivity contribution in [3.63, 3.8) is 0 Å². The van der Waals surface area contributed by atoms with Gasteiger partial charge in [-0.1, -0.05) is 34.3 Å². The number of piperidine rings is 1. The number of aromatic nitrogens is 1. The van der Waals surface area contributed by atoms with Gasteiger partial charge in [0.05, 0.1) is 0 Å². The molecule has 1 saturated heterocycles. The highest BCUT2D eigenvalue weighted by Gasteiger charge is 2.23. The molecular weight excluding hydrogens is 354 g/mol. The molecule has 0 aromatic carbocycles. The molecule has 0 bridgehead atoms. The molecule has 0 aliphatic carbocycles. The van der Waals surface area contributed by atoms with Crippen LogP contribution in [-0.4, -0.2) is 47.1 Å². The predicted molar refractivity (Wildman–Crippen MR) is 117 cm³/mol. The average molecular weight is 390 g/mol. The van der Waals surface area contributed by atoms with Crippen LogP contribution in [0.15, 0.2) is 17.1 Å². The second-order valence-electron chi connectivity index (χ2n) is 6.59. The molecule has 156 valence electrons. The van der Waals surface area contributed by atoms with Crippen LogP contribution in [0, 0.1) is 6.92 Å². The Hall–Kier alpha value is -2.34. The number of likely N-dealkylation sites (tertiary alicyclic amines) is 1. The van der Waals surface area contributed by atoms with E-state index >= 15 is 0 Å². The van der Waals surface area contributed by atoms with Crippen LogP contribution >= 0.6 is 0 Å². The molecule has 0 spiro atoms. The molecule has 2 aromatic rings. The lowest BCUT2D eigenvalue weighted by Gasteiger charge is -2.30. The second kappa shape index (κ2) is 10.9. The van der Waals surface area contributed by atoms with Gasteiger partial charge in [-0.15, -0.1) is 0 Å². The molecule has 6 heteroatoms. The smallest absolute Gasteiger partial charge is 0.358 e. The van der Waals surface area contributed by atoms with Crippen molar-refractivity contribution in [3.05, 3.63) is 29.7 Å². The Labute approximate surface area is 168 Å². The highest BCUT2D eigenvalue weighted by atomic mass is 16.4. The molecule has 0 saturated carbocycles. The third-order valence-corrected chi connectivity index (χ3v) is 4.61. The molecule has 28 heavy (non-hydrogen) atoms. The summed E-state index contributed by atoms with van der Waals surface area (Å²) >= 11 is 0. The Morgan fingerprint density at radius 2 is 1.86 bits per heavy atom. The van der Waals surface area contributed by atoms with E-state index in [4.69, 9.17) is 4.42 Å². The zero-order chi connectivity index (χ0) is 21.4. The van der Waals surface area contributed by atoms with Crippen molar-refractivity contribution >= 4 is 28.3 Å². The van der Waals surface area contributed by atoms with Crippen LogP contribution in [0.2, 0.25) is 0 Å². The van der Waals surface area contributed by atoms with E-state index in [1.807, 2.05) is 47.6 Å². The standard InChI is InChI=1S/C18H23N3O3.2C2H6/c1-10(2)14-9-13-11(3)17(19-12-5-7-21(4)8-6-12)20-15(18(22)23)16(13)24-14;2*1-2/h9,12H,1,5-8H2,2-4H3,(H,19,20)(H,22,23);2*1-2H3. The maximum absolute atomic E-state index is 11.6. The van der Waals surface area contributed by atoms with E-state index in [0.717, 1.165) is 42.5 Å². The monoisotopic (exact) mass is 389 g/mol. The number of carboxylic acid groups (broad SMARTS) is 1. The number of allylic oxidation sites excluding steroid dienone is 1. The van der Waals surface area contributed by atoms with E-state index in [1.165, 1.54) is 0 Å². The maximum atomic E-state index is 11.6. The number of hydrogen-bond acceptors (Lipinski definition) is 5. The van der Waals surface area contributed by atoms with Crippen LogP contribution in [0.3, 0.4) is 0 Å². The number of aryl methyl sites for hydroxylation is 1. The summed E-state index contributed by atoms with van der Waals surface area (Å²) in [7, 11) is 2.11. The minimum absolute atomic E-state index is 0.0569. The van der Waals surface area contributed by atoms with Crippen molar-refractivity contribution < 1.29 is 14.3 Å². The molecular formula is C22H35N3O3. The number of furan rings is 1. The summed E-state index contributed by atoms with van der Waals surface area (Å²) in [6.45, 7) is 17.7. The summed E-state index contributed by atoms with van der Waals surface area (Å²) in [4.78, 5) is 18.2. The van der Waals surface area contributed by atoms with Crippen LogP contribution in [0.25, 0.3) is 16.5 Å². The number of hydrogen-bond donors (Lipinski definition) is 2. The van der Waals surface area contributed by atoms with Crippen molar-refractivity contribution in [1.29, 1.82) is 0 Å². The zero-order valence-electron chi connectivity index (χ0n) is 18.3. The maximum Gasteiger partial charge on any atom is 0.358 e. The molecule has 2 aromatic heterocycles. The first-order chi connectivity index (χ1) is 13.4. The first-order valence-electron chi connectivity index (χ1n) is 10.1. The summed E-state index contributed by atoms with van der Waals surface area (Å²) < 4.78 is 5.68. The van der Waals surface area contributed by atoms with Gasteiger partial charge in [0.25, 0.3) is 0 Å². The lowest BCUT2D eigenvalue weighted by Crippen LogP contribution is -2.37. The number of rotatable bonds is 4. The average Bonchev–Trinajstić information content (AvgIpc) is 3.15. The van der Waals surface area contributed by atoms with Gasteiger partial charge >= 0.3 is 5.97 Å². The van der Waals surface area contributed by atoms with Gasteiger partial charge in [0.1, 0.15) is 11.6 Å². The third kappa shape index (κ3) is 5.35. The van der Waals surface area contributed by atoms with Crippen molar-refractivity contribution in [3.8, 4) is 0 Å². The quantitative estimate of drug-likeness (QED) is 0.726. The highest BCUT2D eigenvalue weighted by molar-refractivity contribution is 6.02. The lowest BCUT2D eigenvalue weighted by atomic mass is 10.0. The predicted octanol–water partition coefficient (Wildman–Crippen LogP) is 5.43. The van der Waals surface area contributed by atoms with Gasteiger partial charge in [0.2, 0.25) is 0 Å². The van der Waals surface area contributed by atoms with E-state index in [9.17, 15) is 9.90 Å². The third-order valence-electron chi connectivity index (χ3n) is 4.61. The van der Waals surface area contributed by atoms with Gasteiger partial charge in [0.15, 0.2) is 11.3 Å². The Morgan fingerprint density at radius 1 is 1.29 bits per heavy atom. The molecule has 6 nitrogen and oxygen atoms in total. The van der Waals surface area contributed by atoms with Crippen LogP contribution in [0.4, 0.5) is 5.82 Å². The Bertz CT molecular complexity index is 803. The molecule has 0 radical (unpaired) electrons. The number of aromatic carboxylic acids is 1. The molecule has 0 atom stereocenters. The SMILES string of the molecule is C=C(C)c1cc2c(C)c(NC3CCN(C)CC3)nc(C(=O)O)c2o1.CC.CC. The number of carboxylic acids is 1. The normalized spacial score (nSPS) is 14.5.